The van der Waals surface area contributed by atoms with Crippen molar-refractivity contribution in [2.45, 2.75) is 30.7 Å². The Bertz CT molecular complexity index is 851. The summed E-state index contributed by atoms with van der Waals surface area (Å²) >= 11 is 5.90. The van der Waals surface area contributed by atoms with Gasteiger partial charge in [0.05, 0.1) is 5.69 Å². The Morgan fingerprint density at radius 1 is 1.35 bits per heavy atom. The largest absolute Gasteiger partial charge is 0.381 e. The molecule has 2 N–H and O–H groups in total. The van der Waals surface area contributed by atoms with E-state index in [9.17, 15) is 18.7 Å². The molecule has 0 radical (unpaired) electrons. The number of aromatic nitrogens is 1. The number of pyridine rings is 1. The number of hydrogen-bond acceptors (Lipinski definition) is 3. The molecule has 0 fully saturated rings. The quantitative estimate of drug-likeness (QED) is 0.850. The molecule has 1 amide bonds. The first-order valence-electron chi connectivity index (χ1n) is 7.95. The second kappa shape index (κ2) is 6.89. The maximum atomic E-state index is 15.5. The molecule has 0 saturated carbocycles. The number of fused-ring (bicyclic) bond motifs is 1. The summed E-state index contributed by atoms with van der Waals surface area (Å²) in [5.41, 5.74) is -4.28. The average Bonchev–Trinajstić information content (AvgIpc) is 2.64. The number of halogens is 4. The molecule has 1 heterocycles. The Kier molecular flexibility index (Phi) is 4.94. The molecular weight excluding hydrogens is 369 g/mol. The summed E-state index contributed by atoms with van der Waals surface area (Å²) in [5.74, 6) is -1.47. The molecule has 1 aromatic heterocycles. The van der Waals surface area contributed by atoms with Crippen LogP contribution in [0.5, 0.6) is 0 Å². The zero-order chi connectivity index (χ0) is 18.9. The third-order valence-corrected chi connectivity index (χ3v) is 4.95. The monoisotopic (exact) mass is 384 g/mol. The lowest BCUT2D eigenvalue weighted by Gasteiger charge is -2.38. The molecule has 0 aliphatic heterocycles. The van der Waals surface area contributed by atoms with E-state index in [1.54, 1.807) is 0 Å². The highest BCUT2D eigenvalue weighted by Gasteiger charge is 2.52. The van der Waals surface area contributed by atoms with Gasteiger partial charge in [-0.3, -0.25) is 9.78 Å². The maximum absolute atomic E-state index is 15.5. The molecule has 1 aromatic carbocycles. The van der Waals surface area contributed by atoms with Crippen LogP contribution in [0.25, 0.3) is 0 Å². The van der Waals surface area contributed by atoms with E-state index >= 15 is 4.39 Å². The molecule has 0 saturated heterocycles. The van der Waals surface area contributed by atoms with Gasteiger partial charge in [0.1, 0.15) is 18.1 Å². The van der Waals surface area contributed by atoms with Crippen LogP contribution < -0.4 is 5.32 Å². The van der Waals surface area contributed by atoms with Crippen molar-refractivity contribution in [3.8, 4) is 0 Å². The van der Waals surface area contributed by atoms with Crippen LogP contribution in [0.4, 0.5) is 13.2 Å². The van der Waals surface area contributed by atoms with Gasteiger partial charge in [-0.05, 0) is 36.6 Å². The van der Waals surface area contributed by atoms with Gasteiger partial charge in [-0.2, -0.15) is 0 Å². The molecule has 4 nitrogen and oxygen atoms in total. The van der Waals surface area contributed by atoms with Crippen molar-refractivity contribution < 1.29 is 23.1 Å². The molecular formula is C18H16ClF3N2O2. The second-order valence-corrected chi connectivity index (χ2v) is 6.69. The molecule has 2 unspecified atom stereocenters. The lowest BCUT2D eigenvalue weighted by atomic mass is 9.75. The van der Waals surface area contributed by atoms with Gasteiger partial charge in [0.2, 0.25) is 5.67 Å². The predicted octanol–water partition coefficient (Wildman–Crippen LogP) is 3.31. The predicted molar refractivity (Wildman–Crippen MR) is 89.4 cm³/mol. The summed E-state index contributed by atoms with van der Waals surface area (Å²) in [5, 5.41) is 12.9. The van der Waals surface area contributed by atoms with Crippen LogP contribution in [-0.4, -0.2) is 22.7 Å². The highest BCUT2D eigenvalue weighted by Crippen LogP contribution is 2.45. The second-order valence-electron chi connectivity index (χ2n) is 6.28. The smallest absolute Gasteiger partial charge is 0.262 e. The number of amides is 1. The summed E-state index contributed by atoms with van der Waals surface area (Å²) in [6.07, 6.45) is 0.630. The molecule has 138 valence electrons. The molecule has 26 heavy (non-hydrogen) atoms. The van der Waals surface area contributed by atoms with Gasteiger partial charge in [0.25, 0.3) is 5.91 Å². The Morgan fingerprint density at radius 3 is 2.81 bits per heavy atom. The number of alkyl halides is 2. The van der Waals surface area contributed by atoms with Crippen molar-refractivity contribution in [3.05, 3.63) is 64.2 Å². The number of rotatable bonds is 4. The van der Waals surface area contributed by atoms with E-state index in [0.717, 1.165) is 6.07 Å². The van der Waals surface area contributed by atoms with E-state index in [4.69, 9.17) is 11.6 Å². The first kappa shape index (κ1) is 18.7. The minimum Gasteiger partial charge on any atom is -0.381 e. The van der Waals surface area contributed by atoms with Crippen molar-refractivity contribution in [1.82, 2.24) is 10.3 Å². The van der Waals surface area contributed by atoms with Gasteiger partial charge in [-0.1, -0.05) is 23.7 Å². The van der Waals surface area contributed by atoms with Gasteiger partial charge >= 0.3 is 0 Å². The first-order chi connectivity index (χ1) is 12.3. The summed E-state index contributed by atoms with van der Waals surface area (Å²) in [6.45, 7) is -1.23. The zero-order valence-electron chi connectivity index (χ0n) is 13.6. The Hall–Kier alpha value is -2.12. The van der Waals surface area contributed by atoms with Crippen molar-refractivity contribution in [2.75, 3.05) is 6.67 Å². The van der Waals surface area contributed by atoms with E-state index in [1.807, 2.05) is 0 Å². The van der Waals surface area contributed by atoms with Crippen molar-refractivity contribution in [3.63, 3.8) is 0 Å². The summed E-state index contributed by atoms with van der Waals surface area (Å²) in [4.78, 5) is 16.4. The highest BCUT2D eigenvalue weighted by molar-refractivity contribution is 6.31. The number of carbonyl (C=O) groups excluding carboxylic acids is 1. The minimum atomic E-state index is -2.46. The number of benzene rings is 1. The van der Waals surface area contributed by atoms with Crippen LogP contribution in [0.1, 0.15) is 29.7 Å². The van der Waals surface area contributed by atoms with Crippen molar-refractivity contribution in [1.29, 1.82) is 0 Å². The average molecular weight is 385 g/mol. The first-order valence-corrected chi connectivity index (χ1v) is 8.33. The number of nitrogens with one attached hydrogen (secondary N) is 1. The topological polar surface area (TPSA) is 62.2 Å². The van der Waals surface area contributed by atoms with Gasteiger partial charge in [0, 0.05) is 23.3 Å². The van der Waals surface area contributed by atoms with Crippen LogP contribution in [0.3, 0.4) is 0 Å². The lowest BCUT2D eigenvalue weighted by molar-refractivity contribution is -0.137. The fourth-order valence-corrected chi connectivity index (χ4v) is 3.31. The van der Waals surface area contributed by atoms with Gasteiger partial charge < -0.3 is 10.4 Å². The van der Waals surface area contributed by atoms with Crippen molar-refractivity contribution in [2.24, 2.45) is 0 Å². The molecule has 3 rings (SSSR count). The summed E-state index contributed by atoms with van der Waals surface area (Å²) in [6, 6.07) is 6.39. The summed E-state index contributed by atoms with van der Waals surface area (Å²) in [7, 11) is 0. The molecule has 1 aliphatic carbocycles. The van der Waals surface area contributed by atoms with Crippen LogP contribution >= 0.6 is 11.6 Å². The highest BCUT2D eigenvalue weighted by atomic mass is 35.5. The third-order valence-electron chi connectivity index (χ3n) is 4.59. The normalized spacial score (nSPS) is 24.8. The molecule has 8 heteroatoms. The van der Waals surface area contributed by atoms with Gasteiger partial charge in [-0.25, -0.2) is 13.2 Å². The maximum Gasteiger partial charge on any atom is 0.262 e. The lowest BCUT2D eigenvalue weighted by Crippen LogP contribution is -2.48. The van der Waals surface area contributed by atoms with E-state index in [-0.39, 0.29) is 29.2 Å². The molecule has 2 aromatic rings. The fourth-order valence-electron chi connectivity index (χ4n) is 3.07. The molecule has 2 atom stereocenters. The van der Waals surface area contributed by atoms with E-state index in [2.05, 4.69) is 10.3 Å². The van der Waals surface area contributed by atoms with Gasteiger partial charge in [0.15, 0.2) is 0 Å². The fraction of sp³-hybridized carbons (Fsp3) is 0.333. The molecule has 0 spiro atoms. The molecule has 1 aliphatic rings. The zero-order valence-corrected chi connectivity index (χ0v) is 14.4. The van der Waals surface area contributed by atoms with E-state index in [0.29, 0.717) is 5.56 Å². The Balaban J connectivity index is 1.85. The summed E-state index contributed by atoms with van der Waals surface area (Å²) < 4.78 is 41.9. The van der Waals surface area contributed by atoms with Crippen LogP contribution in [0.2, 0.25) is 5.02 Å². The van der Waals surface area contributed by atoms with Crippen LogP contribution in [0, 0.1) is 5.82 Å². The standard InChI is InChI=1S/C18H16ClF3N2O2/c19-14-8-12(21)4-3-11(14)9-24-16(25)18(22)6-5-17(26,10-20)15-13(18)2-1-7-23-15/h1-4,7-8,26H,5-6,9-10H2,(H,24,25). The number of nitrogens with zero attached hydrogens (tertiary/aromatic N) is 1. The van der Waals surface area contributed by atoms with Crippen LogP contribution in [-0.2, 0) is 22.6 Å². The Labute approximate surface area is 153 Å². The SMILES string of the molecule is O=C(NCc1ccc(F)cc1Cl)C1(F)CCC(O)(CF)c2ncccc21. The van der Waals surface area contributed by atoms with Crippen LogP contribution in [0.15, 0.2) is 36.5 Å². The van der Waals surface area contributed by atoms with Gasteiger partial charge in [-0.15, -0.1) is 0 Å². The van der Waals surface area contributed by atoms with E-state index in [1.165, 1.54) is 30.5 Å². The number of aliphatic hydroxyl groups is 1. The van der Waals surface area contributed by atoms with E-state index < -0.39 is 36.1 Å². The molecule has 0 bridgehead atoms. The minimum absolute atomic E-state index is 0.105. The third kappa shape index (κ3) is 3.17. The number of hydrogen-bond donors (Lipinski definition) is 2. The number of carbonyl (C=O) groups is 1. The van der Waals surface area contributed by atoms with Crippen molar-refractivity contribution >= 4 is 17.5 Å². The Morgan fingerprint density at radius 2 is 2.12 bits per heavy atom.